The zero-order chi connectivity index (χ0) is 21.9. The number of aromatic nitrogens is 1. The first kappa shape index (κ1) is 22.7. The number of Topliss-reactive ketones (excluding diaryl/α,β-unsaturated/α-hetero) is 1. The first-order valence-corrected chi connectivity index (χ1v) is 9.78. The van der Waals surface area contributed by atoms with Crippen LogP contribution in [0.2, 0.25) is 5.02 Å². The average Bonchev–Trinajstić information content (AvgIpc) is 2.89. The van der Waals surface area contributed by atoms with Crippen LogP contribution >= 0.6 is 11.6 Å². The van der Waals surface area contributed by atoms with E-state index < -0.39 is 5.97 Å². The van der Waals surface area contributed by atoms with Crippen LogP contribution in [0, 0.1) is 19.8 Å². The molecular weight excluding hydrogens is 392 g/mol. The molecule has 0 fully saturated rings. The van der Waals surface area contributed by atoms with Gasteiger partial charge in [0.1, 0.15) is 5.69 Å². The third-order valence-electron chi connectivity index (χ3n) is 4.89. The van der Waals surface area contributed by atoms with Crippen molar-refractivity contribution in [1.82, 2.24) is 9.47 Å². The second-order valence-electron chi connectivity index (χ2n) is 7.49. The van der Waals surface area contributed by atoms with Gasteiger partial charge in [-0.05, 0) is 49.6 Å². The second kappa shape index (κ2) is 9.27. The Morgan fingerprint density at radius 3 is 2.24 bits per heavy atom. The van der Waals surface area contributed by atoms with Gasteiger partial charge < -0.3 is 14.2 Å². The number of benzene rings is 1. The third kappa shape index (κ3) is 4.88. The van der Waals surface area contributed by atoms with E-state index in [1.807, 2.05) is 13.8 Å². The van der Waals surface area contributed by atoms with E-state index in [-0.39, 0.29) is 24.2 Å². The molecule has 0 aliphatic carbocycles. The summed E-state index contributed by atoms with van der Waals surface area (Å²) in [7, 11) is 3.02. The largest absolute Gasteiger partial charge is 0.464 e. The van der Waals surface area contributed by atoms with Gasteiger partial charge in [-0.2, -0.15) is 0 Å². The number of carbonyl (C=O) groups excluding carboxylic acids is 3. The maximum atomic E-state index is 13.2. The van der Waals surface area contributed by atoms with Crippen LogP contribution in [-0.4, -0.2) is 47.3 Å². The molecule has 1 aromatic heterocycles. The first-order valence-electron chi connectivity index (χ1n) is 9.40. The fourth-order valence-corrected chi connectivity index (χ4v) is 3.59. The molecule has 0 N–H and O–H groups in total. The highest BCUT2D eigenvalue weighted by atomic mass is 35.5. The van der Waals surface area contributed by atoms with Gasteiger partial charge in [0.25, 0.3) is 5.91 Å². The minimum absolute atomic E-state index is 0.0774. The fourth-order valence-electron chi connectivity index (χ4n) is 3.46. The van der Waals surface area contributed by atoms with Crippen LogP contribution < -0.4 is 0 Å². The number of amides is 1. The second-order valence-corrected chi connectivity index (χ2v) is 7.93. The normalized spacial score (nSPS) is 10.9. The summed E-state index contributed by atoms with van der Waals surface area (Å²) in [5.41, 5.74) is 2.49. The molecule has 0 atom stereocenters. The Kier molecular flexibility index (Phi) is 7.25. The van der Waals surface area contributed by atoms with Crippen LogP contribution in [0.4, 0.5) is 0 Å². The van der Waals surface area contributed by atoms with Gasteiger partial charge in [0, 0.05) is 35.4 Å². The van der Waals surface area contributed by atoms with Gasteiger partial charge in [-0.25, -0.2) is 4.79 Å². The van der Waals surface area contributed by atoms with Gasteiger partial charge in [0.2, 0.25) is 0 Å². The summed E-state index contributed by atoms with van der Waals surface area (Å²) in [5.74, 6) is -0.761. The molecule has 7 heteroatoms. The molecule has 2 aromatic rings. The predicted molar refractivity (Wildman–Crippen MR) is 113 cm³/mol. The van der Waals surface area contributed by atoms with E-state index in [9.17, 15) is 14.4 Å². The molecule has 1 aromatic carbocycles. The van der Waals surface area contributed by atoms with Crippen LogP contribution in [0.3, 0.4) is 0 Å². The van der Waals surface area contributed by atoms with E-state index in [1.54, 1.807) is 54.6 Å². The lowest BCUT2D eigenvalue weighted by Crippen LogP contribution is -2.38. The molecule has 1 heterocycles. The number of rotatable bonds is 7. The van der Waals surface area contributed by atoms with E-state index in [4.69, 9.17) is 16.3 Å². The van der Waals surface area contributed by atoms with Crippen molar-refractivity contribution in [3.8, 4) is 0 Å². The summed E-state index contributed by atoms with van der Waals surface area (Å²) >= 11 is 5.91. The Hall–Kier alpha value is -2.60. The SMILES string of the molecule is COC(=O)c1c(C)c(C(=O)CN(CC(C)C)C(=O)c2ccc(Cl)cc2)c(C)n1C. The van der Waals surface area contributed by atoms with Crippen molar-refractivity contribution in [2.45, 2.75) is 27.7 Å². The monoisotopic (exact) mass is 418 g/mol. The molecule has 2 rings (SSSR count). The van der Waals surface area contributed by atoms with E-state index in [1.165, 1.54) is 7.11 Å². The minimum Gasteiger partial charge on any atom is -0.464 e. The molecule has 0 saturated carbocycles. The zero-order valence-electron chi connectivity index (χ0n) is 17.7. The number of methoxy groups -OCH3 is 1. The summed E-state index contributed by atoms with van der Waals surface area (Å²) in [6, 6.07) is 6.60. The quantitative estimate of drug-likeness (QED) is 0.502. The Morgan fingerprint density at radius 2 is 1.72 bits per heavy atom. The van der Waals surface area contributed by atoms with E-state index in [0.717, 1.165) is 0 Å². The molecule has 1 amide bonds. The molecule has 0 radical (unpaired) electrons. The molecule has 156 valence electrons. The predicted octanol–water partition coefficient (Wildman–Crippen LogP) is 4.06. The van der Waals surface area contributed by atoms with Crippen LogP contribution in [0.5, 0.6) is 0 Å². The van der Waals surface area contributed by atoms with E-state index in [2.05, 4.69) is 0 Å². The lowest BCUT2D eigenvalue weighted by molar-refractivity contribution is 0.0588. The van der Waals surface area contributed by atoms with Crippen molar-refractivity contribution in [2.24, 2.45) is 13.0 Å². The maximum Gasteiger partial charge on any atom is 0.354 e. The molecule has 6 nitrogen and oxygen atoms in total. The van der Waals surface area contributed by atoms with Gasteiger partial charge >= 0.3 is 5.97 Å². The van der Waals surface area contributed by atoms with Crippen LogP contribution in [0.25, 0.3) is 0 Å². The Labute approximate surface area is 176 Å². The number of halogens is 1. The molecule has 29 heavy (non-hydrogen) atoms. The molecule has 0 aliphatic heterocycles. The average molecular weight is 419 g/mol. The van der Waals surface area contributed by atoms with Crippen molar-refractivity contribution in [3.05, 3.63) is 57.4 Å². The standard InChI is InChI=1S/C22H27ClN2O4/c1-13(2)11-25(21(27)16-7-9-17(23)10-8-16)12-18(26)19-14(3)20(22(28)29-6)24(5)15(19)4/h7-10,13H,11-12H2,1-6H3. The fraction of sp³-hybridized carbons (Fsp3) is 0.409. The summed E-state index contributed by atoms with van der Waals surface area (Å²) < 4.78 is 6.49. The third-order valence-corrected chi connectivity index (χ3v) is 5.14. The molecular formula is C22H27ClN2O4. The number of ether oxygens (including phenoxy) is 1. The van der Waals surface area contributed by atoms with Crippen molar-refractivity contribution >= 4 is 29.3 Å². The number of hydrogen-bond donors (Lipinski definition) is 0. The van der Waals surface area contributed by atoms with Crippen LogP contribution in [-0.2, 0) is 11.8 Å². The molecule has 0 spiro atoms. The summed E-state index contributed by atoms with van der Waals surface area (Å²) in [4.78, 5) is 39.8. The van der Waals surface area contributed by atoms with Gasteiger partial charge in [0.15, 0.2) is 5.78 Å². The van der Waals surface area contributed by atoms with Crippen molar-refractivity contribution in [1.29, 1.82) is 0 Å². The van der Waals surface area contributed by atoms with Gasteiger partial charge in [0.05, 0.1) is 13.7 Å². The minimum atomic E-state index is -0.497. The van der Waals surface area contributed by atoms with E-state index in [0.29, 0.717) is 39.6 Å². The topological polar surface area (TPSA) is 68.6 Å². The van der Waals surface area contributed by atoms with Gasteiger partial charge in [-0.1, -0.05) is 25.4 Å². The lowest BCUT2D eigenvalue weighted by atomic mass is 10.0. The smallest absolute Gasteiger partial charge is 0.354 e. The Morgan fingerprint density at radius 1 is 1.14 bits per heavy atom. The highest BCUT2D eigenvalue weighted by molar-refractivity contribution is 6.30. The van der Waals surface area contributed by atoms with Crippen LogP contribution in [0.15, 0.2) is 24.3 Å². The molecule has 0 saturated heterocycles. The Balaban J connectivity index is 2.37. The summed E-state index contributed by atoms with van der Waals surface area (Å²) in [6.07, 6.45) is 0. The summed E-state index contributed by atoms with van der Waals surface area (Å²) in [6.45, 7) is 7.83. The van der Waals surface area contributed by atoms with Gasteiger partial charge in [-0.3, -0.25) is 9.59 Å². The zero-order valence-corrected chi connectivity index (χ0v) is 18.5. The summed E-state index contributed by atoms with van der Waals surface area (Å²) in [5, 5.41) is 0.541. The number of ketones is 1. The van der Waals surface area contributed by atoms with Crippen molar-refractivity contribution < 1.29 is 19.1 Å². The van der Waals surface area contributed by atoms with Crippen molar-refractivity contribution in [3.63, 3.8) is 0 Å². The van der Waals surface area contributed by atoms with Crippen molar-refractivity contribution in [2.75, 3.05) is 20.2 Å². The highest BCUT2D eigenvalue weighted by Crippen LogP contribution is 2.23. The molecule has 0 unspecified atom stereocenters. The Bertz CT molecular complexity index is 929. The molecule has 0 bridgehead atoms. The number of nitrogens with zero attached hydrogens (tertiary/aromatic N) is 2. The van der Waals surface area contributed by atoms with Gasteiger partial charge in [-0.15, -0.1) is 0 Å². The van der Waals surface area contributed by atoms with E-state index >= 15 is 0 Å². The number of hydrogen-bond acceptors (Lipinski definition) is 4. The lowest BCUT2D eigenvalue weighted by Gasteiger charge is -2.24. The highest BCUT2D eigenvalue weighted by Gasteiger charge is 2.28. The number of carbonyl (C=O) groups is 3. The van der Waals surface area contributed by atoms with Crippen LogP contribution in [0.1, 0.15) is 56.3 Å². The molecule has 0 aliphatic rings. The number of esters is 1. The maximum absolute atomic E-state index is 13.2. The first-order chi connectivity index (χ1) is 13.6.